The monoisotopic (exact) mass is 266 g/mol. The number of alkyl halides is 1. The first kappa shape index (κ1) is 13.1. The molecule has 0 atom stereocenters. The van der Waals surface area contributed by atoms with E-state index in [1.165, 1.54) is 0 Å². The Kier molecular flexibility index (Phi) is 4.42. The lowest BCUT2D eigenvalue weighted by Crippen LogP contribution is -2.20. The van der Waals surface area contributed by atoms with Crippen LogP contribution >= 0.6 is 11.6 Å². The fourth-order valence-electron chi connectivity index (χ4n) is 2.05. The molecular formula is C13H19ClN4. The predicted octanol–water partition coefficient (Wildman–Crippen LogP) is 2.88. The summed E-state index contributed by atoms with van der Waals surface area (Å²) in [5, 5.41) is 4.40. The molecule has 0 N–H and O–H groups in total. The van der Waals surface area contributed by atoms with Crippen molar-refractivity contribution in [3.8, 4) is 0 Å². The Hall–Kier alpha value is -1.29. The van der Waals surface area contributed by atoms with Crippen LogP contribution in [0.15, 0.2) is 18.5 Å². The van der Waals surface area contributed by atoms with Crippen LogP contribution in [0.25, 0.3) is 5.52 Å². The van der Waals surface area contributed by atoms with Gasteiger partial charge < -0.3 is 4.90 Å². The number of halogens is 1. The zero-order valence-corrected chi connectivity index (χ0v) is 11.7. The number of hydrogen-bond donors (Lipinski definition) is 0. The SMILES string of the molecule is Cc1cc2c(N(C)CCCCCCl)nccn2n1. The van der Waals surface area contributed by atoms with Gasteiger partial charge >= 0.3 is 0 Å². The molecule has 0 amide bonds. The minimum absolute atomic E-state index is 0.749. The summed E-state index contributed by atoms with van der Waals surface area (Å²) in [5.74, 6) is 1.74. The van der Waals surface area contributed by atoms with Gasteiger partial charge in [-0.1, -0.05) is 6.42 Å². The molecule has 0 aromatic carbocycles. The van der Waals surface area contributed by atoms with Crippen molar-refractivity contribution in [3.63, 3.8) is 0 Å². The number of fused-ring (bicyclic) bond motifs is 1. The van der Waals surface area contributed by atoms with Gasteiger partial charge in [-0.05, 0) is 25.8 Å². The van der Waals surface area contributed by atoms with Gasteiger partial charge in [-0.2, -0.15) is 5.10 Å². The standard InChI is InChI=1S/C13H19ClN4/c1-11-10-12-13(15-7-9-18(12)16-11)17(2)8-5-3-4-6-14/h7,9-10H,3-6,8H2,1-2H3. The second kappa shape index (κ2) is 6.05. The van der Waals surface area contributed by atoms with E-state index in [2.05, 4.69) is 28.1 Å². The van der Waals surface area contributed by atoms with Crippen LogP contribution in [0.2, 0.25) is 0 Å². The fourth-order valence-corrected chi connectivity index (χ4v) is 2.24. The summed E-state index contributed by atoms with van der Waals surface area (Å²) in [5.41, 5.74) is 2.08. The quantitative estimate of drug-likeness (QED) is 0.595. The van der Waals surface area contributed by atoms with Crippen LogP contribution in [0.5, 0.6) is 0 Å². The van der Waals surface area contributed by atoms with Gasteiger partial charge in [-0.15, -0.1) is 11.6 Å². The smallest absolute Gasteiger partial charge is 0.154 e. The molecule has 2 aromatic rings. The maximum Gasteiger partial charge on any atom is 0.154 e. The van der Waals surface area contributed by atoms with E-state index in [4.69, 9.17) is 11.6 Å². The first-order valence-corrected chi connectivity index (χ1v) is 6.84. The highest BCUT2D eigenvalue weighted by Crippen LogP contribution is 2.18. The van der Waals surface area contributed by atoms with E-state index in [0.29, 0.717) is 0 Å². The molecule has 2 rings (SSSR count). The lowest BCUT2D eigenvalue weighted by atomic mass is 10.2. The van der Waals surface area contributed by atoms with Gasteiger partial charge in [0.1, 0.15) is 5.52 Å². The minimum atomic E-state index is 0.749. The van der Waals surface area contributed by atoms with Crippen molar-refractivity contribution in [1.29, 1.82) is 0 Å². The largest absolute Gasteiger partial charge is 0.358 e. The highest BCUT2D eigenvalue weighted by atomic mass is 35.5. The van der Waals surface area contributed by atoms with E-state index in [1.807, 2.05) is 17.6 Å². The first-order valence-electron chi connectivity index (χ1n) is 6.30. The molecule has 18 heavy (non-hydrogen) atoms. The molecule has 4 nitrogen and oxygen atoms in total. The molecule has 98 valence electrons. The van der Waals surface area contributed by atoms with E-state index in [9.17, 15) is 0 Å². The molecule has 0 aliphatic carbocycles. The average molecular weight is 267 g/mol. The third kappa shape index (κ3) is 2.93. The van der Waals surface area contributed by atoms with Crippen molar-refractivity contribution in [2.45, 2.75) is 26.2 Å². The van der Waals surface area contributed by atoms with Gasteiger partial charge in [-0.25, -0.2) is 9.50 Å². The summed E-state index contributed by atoms with van der Waals surface area (Å²) in [4.78, 5) is 6.64. The zero-order chi connectivity index (χ0) is 13.0. The molecule has 0 aliphatic rings. The Balaban J connectivity index is 2.09. The molecule has 0 saturated heterocycles. The van der Waals surface area contributed by atoms with Crippen LogP contribution in [0.4, 0.5) is 5.82 Å². The number of aromatic nitrogens is 3. The molecule has 0 bridgehead atoms. The summed E-state index contributed by atoms with van der Waals surface area (Å²) in [6, 6.07) is 2.07. The first-order chi connectivity index (χ1) is 8.72. The number of hydrogen-bond acceptors (Lipinski definition) is 3. The third-order valence-electron chi connectivity index (χ3n) is 2.98. The number of rotatable bonds is 6. The Bertz CT molecular complexity index is 509. The van der Waals surface area contributed by atoms with Crippen molar-refractivity contribution in [2.24, 2.45) is 0 Å². The number of anilines is 1. The molecule has 0 saturated carbocycles. The molecular weight excluding hydrogens is 248 g/mol. The Labute approximate surface area is 113 Å². The predicted molar refractivity (Wildman–Crippen MR) is 75.6 cm³/mol. The molecule has 0 spiro atoms. The van der Waals surface area contributed by atoms with Crippen LogP contribution in [0, 0.1) is 6.92 Å². The lowest BCUT2D eigenvalue weighted by Gasteiger charge is -2.18. The lowest BCUT2D eigenvalue weighted by molar-refractivity contribution is 0.703. The van der Waals surface area contributed by atoms with Crippen molar-refractivity contribution in [2.75, 3.05) is 24.4 Å². The average Bonchev–Trinajstić information content (AvgIpc) is 2.74. The van der Waals surface area contributed by atoms with E-state index in [1.54, 1.807) is 6.20 Å². The highest BCUT2D eigenvalue weighted by Gasteiger charge is 2.09. The van der Waals surface area contributed by atoms with Gasteiger partial charge in [0.15, 0.2) is 5.82 Å². The van der Waals surface area contributed by atoms with Gasteiger partial charge in [0.05, 0.1) is 5.69 Å². The second-order valence-corrected chi connectivity index (χ2v) is 4.92. The van der Waals surface area contributed by atoms with Gasteiger partial charge in [0.2, 0.25) is 0 Å². The summed E-state index contributed by atoms with van der Waals surface area (Å²) >= 11 is 5.68. The Morgan fingerprint density at radius 3 is 2.94 bits per heavy atom. The molecule has 0 unspecified atom stereocenters. The summed E-state index contributed by atoms with van der Waals surface area (Å²) in [7, 11) is 2.07. The van der Waals surface area contributed by atoms with Gasteiger partial charge in [0, 0.05) is 31.9 Å². The summed E-state index contributed by atoms with van der Waals surface area (Å²) < 4.78 is 1.88. The van der Waals surface area contributed by atoms with Crippen molar-refractivity contribution in [1.82, 2.24) is 14.6 Å². The van der Waals surface area contributed by atoms with Crippen molar-refractivity contribution in [3.05, 3.63) is 24.2 Å². The normalized spacial score (nSPS) is 11.1. The maximum atomic E-state index is 5.68. The van der Waals surface area contributed by atoms with Gasteiger partial charge in [-0.3, -0.25) is 0 Å². The van der Waals surface area contributed by atoms with E-state index in [-0.39, 0.29) is 0 Å². The minimum Gasteiger partial charge on any atom is -0.358 e. The number of nitrogens with zero attached hydrogens (tertiary/aromatic N) is 4. The zero-order valence-electron chi connectivity index (χ0n) is 10.9. The molecule has 0 aliphatic heterocycles. The van der Waals surface area contributed by atoms with Crippen LogP contribution in [0.1, 0.15) is 25.0 Å². The van der Waals surface area contributed by atoms with Crippen LogP contribution < -0.4 is 4.90 Å². The fraction of sp³-hybridized carbons (Fsp3) is 0.538. The Morgan fingerprint density at radius 1 is 1.33 bits per heavy atom. The molecule has 0 fully saturated rings. The number of aryl methyl sites for hydroxylation is 1. The molecule has 5 heteroatoms. The van der Waals surface area contributed by atoms with Crippen LogP contribution in [-0.2, 0) is 0 Å². The topological polar surface area (TPSA) is 33.4 Å². The summed E-state index contributed by atoms with van der Waals surface area (Å²) in [6.45, 7) is 2.99. The molecule has 2 aromatic heterocycles. The second-order valence-electron chi connectivity index (χ2n) is 4.54. The van der Waals surface area contributed by atoms with E-state index < -0.39 is 0 Å². The van der Waals surface area contributed by atoms with Crippen molar-refractivity contribution < 1.29 is 0 Å². The van der Waals surface area contributed by atoms with Gasteiger partial charge in [0.25, 0.3) is 0 Å². The third-order valence-corrected chi connectivity index (χ3v) is 3.25. The van der Waals surface area contributed by atoms with Crippen LogP contribution in [0.3, 0.4) is 0 Å². The highest BCUT2D eigenvalue weighted by molar-refractivity contribution is 6.17. The molecule has 2 heterocycles. The van der Waals surface area contributed by atoms with E-state index in [0.717, 1.165) is 48.7 Å². The van der Waals surface area contributed by atoms with Crippen molar-refractivity contribution >= 4 is 22.9 Å². The Morgan fingerprint density at radius 2 is 2.17 bits per heavy atom. The van der Waals surface area contributed by atoms with E-state index >= 15 is 0 Å². The maximum absolute atomic E-state index is 5.68. The summed E-state index contributed by atoms with van der Waals surface area (Å²) in [6.07, 6.45) is 7.06. The molecule has 0 radical (unpaired) electrons. The van der Waals surface area contributed by atoms with Crippen LogP contribution in [-0.4, -0.2) is 34.1 Å². The number of unbranched alkanes of at least 4 members (excludes halogenated alkanes) is 2.